The van der Waals surface area contributed by atoms with Gasteiger partial charge in [-0.15, -0.1) is 0 Å². The molecule has 0 spiro atoms. The van der Waals surface area contributed by atoms with E-state index in [1.807, 2.05) is 12.1 Å². The molecule has 0 heterocycles. The lowest BCUT2D eigenvalue weighted by Crippen LogP contribution is -1.80. The van der Waals surface area contributed by atoms with Gasteiger partial charge in [-0.25, -0.2) is 0 Å². The van der Waals surface area contributed by atoms with Crippen molar-refractivity contribution in [3.05, 3.63) is 60.2 Å². The first-order valence-corrected chi connectivity index (χ1v) is 12.7. The van der Waals surface area contributed by atoms with Gasteiger partial charge < -0.3 is 0 Å². The van der Waals surface area contributed by atoms with Crippen LogP contribution >= 0.6 is 25.8 Å². The zero-order chi connectivity index (χ0) is 11.8. The molecule has 0 aliphatic rings. The van der Waals surface area contributed by atoms with Crippen LogP contribution in [0.15, 0.2) is 48.5 Å². The van der Waals surface area contributed by atoms with Crippen molar-refractivity contribution in [1.29, 1.82) is 0 Å². The first-order chi connectivity index (χ1) is 7.79. The van der Waals surface area contributed by atoms with Crippen molar-refractivity contribution < 1.29 is 0 Å². The number of hydrogen-bond donors (Lipinski definition) is 0. The van der Waals surface area contributed by atoms with E-state index in [1.54, 1.807) is 0 Å². The quantitative estimate of drug-likeness (QED) is 0.649. The average Bonchev–Trinajstić information content (AvgIpc) is 2.32. The predicted molar refractivity (Wildman–Crippen MR) is 79.1 cm³/mol. The minimum atomic E-state index is 0.0417. The van der Waals surface area contributed by atoms with Gasteiger partial charge >= 0.3 is 16.0 Å². The Morgan fingerprint density at radius 3 is 2.12 bits per heavy atom. The fourth-order valence-corrected chi connectivity index (χ4v) is 1.46. The summed E-state index contributed by atoms with van der Waals surface area (Å²) in [6, 6.07) is 19.5. The molecule has 2 rings (SSSR count). The molecule has 0 aliphatic heterocycles. The van der Waals surface area contributed by atoms with Crippen LogP contribution in [0.2, 0.25) is 0 Å². The topological polar surface area (TPSA) is 0 Å². The lowest BCUT2D eigenvalue weighted by molar-refractivity contribution is 1.46. The van der Waals surface area contributed by atoms with Crippen molar-refractivity contribution >= 4 is 41.8 Å². The minimum Gasteiger partial charge on any atom is -0.280 e. The Morgan fingerprint density at radius 2 is 1.56 bits per heavy atom. The number of hydrogen-bond acceptors (Lipinski definition) is 0. The van der Waals surface area contributed by atoms with Crippen LogP contribution in [0.5, 0.6) is 0 Å². The molecule has 0 N–H and O–H groups in total. The van der Waals surface area contributed by atoms with E-state index >= 15 is 0 Å². The smallest absolute Gasteiger partial charge is 0.280 e. The number of halogens is 2. The highest BCUT2D eigenvalue weighted by molar-refractivity contribution is 9.47. The van der Waals surface area contributed by atoms with Gasteiger partial charge in [-0.05, 0) is 29.7 Å². The van der Waals surface area contributed by atoms with Crippen LogP contribution < -0.4 is 0 Å². The van der Waals surface area contributed by atoms with E-state index in [-0.39, 0.29) is 16.0 Å². The van der Waals surface area contributed by atoms with Crippen molar-refractivity contribution in [2.45, 2.75) is 6.92 Å². The van der Waals surface area contributed by atoms with Gasteiger partial charge in [0.25, 0.3) is 0 Å². The summed E-state index contributed by atoms with van der Waals surface area (Å²) >= 11 is 6.44. The van der Waals surface area contributed by atoms with Crippen LogP contribution in [0.4, 0.5) is 0 Å². The summed E-state index contributed by atoms with van der Waals surface area (Å²) in [4.78, 5) is 0. The Bertz CT molecular complexity index is 415. The van der Waals surface area contributed by atoms with Gasteiger partial charge in [0, 0.05) is 0 Å². The summed E-state index contributed by atoms with van der Waals surface area (Å²) in [5, 5.41) is 0. The molecule has 0 nitrogen and oxygen atoms in total. The third-order valence-corrected chi connectivity index (χ3v) is 2.17. The summed E-state index contributed by atoms with van der Waals surface area (Å²) in [6.07, 6.45) is 0. The second-order valence-corrected chi connectivity index (χ2v) is 11.3. The standard InChI is InChI=1S/C13H11.2BrH.Mg/c1-11-7-5-6-10-13(11)12-8-3-2-4-9-12;;;/h3-10H,1H3;2*1H;/q;;;+2/p-2. The zero-order valence-electron chi connectivity index (χ0n) is 9.08. The third kappa shape index (κ3) is 4.58. The van der Waals surface area contributed by atoms with Crippen LogP contribution in [-0.4, -0.2) is 16.0 Å². The summed E-state index contributed by atoms with van der Waals surface area (Å²) in [7, 11) is 0. The van der Waals surface area contributed by atoms with Crippen molar-refractivity contribution in [3.63, 3.8) is 0 Å². The molecule has 0 unspecified atom stereocenters. The molecule has 1 radical (unpaired) electrons. The molecule has 0 aromatic heterocycles. The maximum atomic E-state index is 3.20. The molecule has 0 bridgehead atoms. The Balaban J connectivity index is 0.000000386. The maximum absolute atomic E-state index is 3.20. The van der Waals surface area contributed by atoms with E-state index < -0.39 is 0 Å². The van der Waals surface area contributed by atoms with Gasteiger partial charge in [-0.3, -0.25) is 25.8 Å². The summed E-state index contributed by atoms with van der Waals surface area (Å²) in [6.45, 7) is 2.13. The molecule has 0 amide bonds. The van der Waals surface area contributed by atoms with Crippen molar-refractivity contribution in [3.8, 4) is 11.1 Å². The molecular formula is C13H11Br2Mg. The van der Waals surface area contributed by atoms with Crippen LogP contribution in [-0.2, 0) is 0 Å². The Kier molecular flexibility index (Phi) is 7.37. The molecule has 0 saturated heterocycles. The summed E-state index contributed by atoms with van der Waals surface area (Å²) in [5.74, 6) is 0. The van der Waals surface area contributed by atoms with E-state index in [0.29, 0.717) is 0 Å². The van der Waals surface area contributed by atoms with Gasteiger partial charge in [0.1, 0.15) is 0 Å². The second-order valence-electron chi connectivity index (χ2n) is 3.20. The first kappa shape index (κ1) is 14.2. The lowest BCUT2D eigenvalue weighted by atomic mass is 10.0. The summed E-state index contributed by atoms with van der Waals surface area (Å²) < 4.78 is 0. The van der Waals surface area contributed by atoms with E-state index in [1.165, 1.54) is 16.7 Å². The summed E-state index contributed by atoms with van der Waals surface area (Å²) in [5.41, 5.74) is 3.88. The fraction of sp³-hybridized carbons (Fsp3) is 0.0769. The second kappa shape index (κ2) is 8.29. The Hall–Kier alpha value is 0.166. The molecule has 2 aromatic carbocycles. The van der Waals surface area contributed by atoms with Gasteiger partial charge in [-0.1, -0.05) is 48.5 Å². The molecular weight excluding hydrogens is 340 g/mol. The number of aryl methyl sites for hydroxylation is 1. The molecule has 0 saturated carbocycles. The maximum Gasteiger partial charge on any atom is 0.560 e. The van der Waals surface area contributed by atoms with Gasteiger partial charge in [0.15, 0.2) is 0 Å². The highest BCUT2D eigenvalue weighted by atomic mass is 79.9. The first-order valence-electron chi connectivity index (χ1n) is 4.93. The van der Waals surface area contributed by atoms with E-state index in [2.05, 4.69) is 75.2 Å². The van der Waals surface area contributed by atoms with Crippen LogP contribution in [0, 0.1) is 13.0 Å². The molecule has 3 heteroatoms. The molecule has 0 aliphatic carbocycles. The number of benzene rings is 2. The largest absolute Gasteiger partial charge is 0.560 e. The Labute approximate surface area is 119 Å². The SMILES string of the molecule is Cc1ccccc1-c1cc[c]cc1.[Br][Mg][Br]. The van der Waals surface area contributed by atoms with Gasteiger partial charge in [0.05, 0.1) is 0 Å². The Morgan fingerprint density at radius 1 is 1.00 bits per heavy atom. The molecule has 2 aromatic rings. The van der Waals surface area contributed by atoms with Crippen LogP contribution in [0.25, 0.3) is 11.1 Å². The lowest BCUT2D eigenvalue weighted by Gasteiger charge is -2.04. The fourth-order valence-electron chi connectivity index (χ4n) is 1.46. The van der Waals surface area contributed by atoms with Crippen molar-refractivity contribution in [2.75, 3.05) is 0 Å². The predicted octanol–water partition coefficient (Wildman–Crippen LogP) is 4.77. The van der Waals surface area contributed by atoms with Crippen LogP contribution in [0.1, 0.15) is 5.56 Å². The molecule has 16 heavy (non-hydrogen) atoms. The average molecular weight is 351 g/mol. The number of rotatable bonds is 1. The normalized spacial score (nSPS) is 8.69. The van der Waals surface area contributed by atoms with E-state index in [4.69, 9.17) is 0 Å². The van der Waals surface area contributed by atoms with Crippen molar-refractivity contribution in [2.24, 2.45) is 0 Å². The van der Waals surface area contributed by atoms with E-state index in [9.17, 15) is 0 Å². The molecule has 0 fully saturated rings. The highest BCUT2D eigenvalue weighted by Gasteiger charge is 1.97. The van der Waals surface area contributed by atoms with E-state index in [0.717, 1.165) is 0 Å². The highest BCUT2D eigenvalue weighted by Crippen LogP contribution is 2.21. The minimum absolute atomic E-state index is 0.0417. The van der Waals surface area contributed by atoms with Gasteiger partial charge in [0.2, 0.25) is 0 Å². The molecule has 79 valence electrons. The molecule has 0 atom stereocenters. The van der Waals surface area contributed by atoms with Crippen LogP contribution in [0.3, 0.4) is 0 Å². The zero-order valence-corrected chi connectivity index (χ0v) is 13.7. The van der Waals surface area contributed by atoms with Gasteiger partial charge in [-0.2, -0.15) is 0 Å². The van der Waals surface area contributed by atoms with Crippen molar-refractivity contribution in [1.82, 2.24) is 0 Å². The monoisotopic (exact) mass is 349 g/mol. The third-order valence-electron chi connectivity index (χ3n) is 2.17.